The first kappa shape index (κ1) is 17.8. The summed E-state index contributed by atoms with van der Waals surface area (Å²) < 4.78 is 40.1. The van der Waals surface area contributed by atoms with Crippen LogP contribution in [0.25, 0.3) is 20.9 Å². The first-order valence-electron chi connectivity index (χ1n) is 8.85. The summed E-state index contributed by atoms with van der Waals surface area (Å²) in [4.78, 5) is 2.27. The number of thiophene rings is 1. The zero-order chi connectivity index (χ0) is 18.3. The van der Waals surface area contributed by atoms with Crippen molar-refractivity contribution in [1.82, 2.24) is 4.90 Å². The van der Waals surface area contributed by atoms with Crippen LogP contribution >= 0.6 is 11.3 Å². The van der Waals surface area contributed by atoms with Gasteiger partial charge in [-0.1, -0.05) is 12.5 Å². The van der Waals surface area contributed by atoms with Crippen LogP contribution in [0.1, 0.15) is 36.5 Å². The van der Waals surface area contributed by atoms with Gasteiger partial charge in [-0.05, 0) is 66.3 Å². The monoisotopic (exact) mass is 379 g/mol. The van der Waals surface area contributed by atoms with Gasteiger partial charge in [-0.25, -0.2) is 0 Å². The van der Waals surface area contributed by atoms with Crippen LogP contribution < -0.4 is 0 Å². The Morgan fingerprint density at radius 3 is 2.54 bits per heavy atom. The quantitative estimate of drug-likeness (QED) is 0.641. The van der Waals surface area contributed by atoms with Gasteiger partial charge in [0.1, 0.15) is 0 Å². The number of benzene rings is 2. The summed E-state index contributed by atoms with van der Waals surface area (Å²) in [7, 11) is 0. The lowest BCUT2D eigenvalue weighted by molar-refractivity contribution is -0.137. The van der Waals surface area contributed by atoms with Crippen LogP contribution in [0.4, 0.5) is 13.2 Å². The third-order valence-corrected chi connectivity index (χ3v) is 6.11. The lowest BCUT2D eigenvalue weighted by Crippen LogP contribution is -2.33. The molecule has 1 aliphatic heterocycles. The molecule has 2 aromatic carbocycles. The standard InChI is InChI=1S/C20H20F3NOS/c21-20(22,23)14-5-4-13-10-17(18(25)12-24-7-2-1-3-8-24)19-15(6-9-26-19)16(13)11-14/h4-6,9-11,18,25H,1-3,7-8,12H2. The summed E-state index contributed by atoms with van der Waals surface area (Å²) in [5.41, 5.74) is 0.173. The van der Waals surface area contributed by atoms with E-state index in [0.29, 0.717) is 11.9 Å². The van der Waals surface area contributed by atoms with Crippen molar-refractivity contribution in [1.29, 1.82) is 0 Å². The molecule has 0 spiro atoms. The van der Waals surface area contributed by atoms with Gasteiger partial charge in [-0.3, -0.25) is 0 Å². The van der Waals surface area contributed by atoms with Crippen molar-refractivity contribution in [3.63, 3.8) is 0 Å². The lowest BCUT2D eigenvalue weighted by atomic mass is 9.97. The van der Waals surface area contributed by atoms with Crippen LogP contribution in [0.15, 0.2) is 35.7 Å². The van der Waals surface area contributed by atoms with E-state index in [4.69, 9.17) is 0 Å². The van der Waals surface area contributed by atoms with Gasteiger partial charge in [0.2, 0.25) is 0 Å². The van der Waals surface area contributed by atoms with Gasteiger partial charge in [-0.2, -0.15) is 13.2 Å². The number of nitrogens with zero attached hydrogens (tertiary/aromatic N) is 1. The molecule has 0 radical (unpaired) electrons. The summed E-state index contributed by atoms with van der Waals surface area (Å²) in [6, 6.07) is 7.53. The second kappa shape index (κ2) is 6.83. The zero-order valence-corrected chi connectivity index (χ0v) is 15.0. The van der Waals surface area contributed by atoms with E-state index in [1.165, 1.54) is 29.9 Å². The average Bonchev–Trinajstić information content (AvgIpc) is 3.10. The largest absolute Gasteiger partial charge is 0.416 e. The van der Waals surface area contributed by atoms with Crippen LogP contribution in [0.3, 0.4) is 0 Å². The molecule has 1 fully saturated rings. The highest BCUT2D eigenvalue weighted by molar-refractivity contribution is 7.17. The molecular weight excluding hydrogens is 359 g/mol. The molecule has 0 bridgehead atoms. The van der Waals surface area contributed by atoms with Gasteiger partial charge < -0.3 is 10.0 Å². The van der Waals surface area contributed by atoms with E-state index >= 15 is 0 Å². The molecule has 1 aromatic heterocycles. The third-order valence-electron chi connectivity index (χ3n) is 5.15. The molecule has 26 heavy (non-hydrogen) atoms. The Morgan fingerprint density at radius 2 is 1.81 bits per heavy atom. The Hall–Kier alpha value is -1.63. The molecule has 1 aliphatic rings. The fourth-order valence-corrected chi connectivity index (χ4v) is 4.78. The number of rotatable bonds is 3. The minimum atomic E-state index is -4.36. The van der Waals surface area contributed by atoms with Gasteiger partial charge in [0, 0.05) is 22.2 Å². The highest BCUT2D eigenvalue weighted by atomic mass is 32.1. The maximum atomic E-state index is 13.1. The molecule has 1 atom stereocenters. The number of alkyl halides is 3. The second-order valence-corrected chi connectivity index (χ2v) is 7.86. The Labute approximate surface area is 153 Å². The fourth-order valence-electron chi connectivity index (χ4n) is 3.80. The Morgan fingerprint density at radius 1 is 1.04 bits per heavy atom. The van der Waals surface area contributed by atoms with Crippen molar-refractivity contribution in [3.05, 3.63) is 46.8 Å². The van der Waals surface area contributed by atoms with Crippen molar-refractivity contribution in [2.75, 3.05) is 19.6 Å². The molecule has 0 saturated carbocycles. The fraction of sp³-hybridized carbons (Fsp3) is 0.400. The van der Waals surface area contributed by atoms with Gasteiger partial charge in [-0.15, -0.1) is 11.3 Å². The van der Waals surface area contributed by atoms with E-state index < -0.39 is 17.8 Å². The number of hydrogen-bond donors (Lipinski definition) is 1. The van der Waals surface area contributed by atoms with E-state index in [1.54, 1.807) is 0 Å². The summed E-state index contributed by atoms with van der Waals surface area (Å²) >= 11 is 1.47. The summed E-state index contributed by atoms with van der Waals surface area (Å²) in [5, 5.41) is 14.8. The summed E-state index contributed by atoms with van der Waals surface area (Å²) in [6.07, 6.45) is -1.46. The SMILES string of the molecule is OC(CN1CCCCC1)c1cc2ccc(C(F)(F)F)cc2c2ccsc12. The number of aliphatic hydroxyl groups is 1. The van der Waals surface area contributed by atoms with E-state index in [-0.39, 0.29) is 0 Å². The van der Waals surface area contributed by atoms with Crippen LogP contribution in [0.2, 0.25) is 0 Å². The van der Waals surface area contributed by atoms with Crippen LogP contribution in [-0.4, -0.2) is 29.6 Å². The predicted octanol–water partition coefficient (Wildman–Crippen LogP) is 5.59. The van der Waals surface area contributed by atoms with E-state index in [1.807, 2.05) is 17.5 Å². The van der Waals surface area contributed by atoms with Crippen molar-refractivity contribution < 1.29 is 18.3 Å². The van der Waals surface area contributed by atoms with Gasteiger partial charge in [0.25, 0.3) is 0 Å². The van der Waals surface area contributed by atoms with E-state index in [9.17, 15) is 18.3 Å². The van der Waals surface area contributed by atoms with Crippen molar-refractivity contribution >= 4 is 32.2 Å². The van der Waals surface area contributed by atoms with Gasteiger partial charge in [0.05, 0.1) is 11.7 Å². The molecular formula is C20H20F3NOS. The Bertz CT molecular complexity index is 928. The van der Waals surface area contributed by atoms with Crippen LogP contribution in [-0.2, 0) is 6.18 Å². The Balaban J connectivity index is 1.76. The highest BCUT2D eigenvalue weighted by Gasteiger charge is 2.31. The lowest BCUT2D eigenvalue weighted by Gasteiger charge is -2.28. The molecule has 2 heterocycles. The van der Waals surface area contributed by atoms with E-state index in [0.717, 1.165) is 53.0 Å². The predicted molar refractivity (Wildman–Crippen MR) is 99.6 cm³/mol. The minimum absolute atomic E-state index is 0.569. The maximum absolute atomic E-state index is 13.1. The molecule has 1 N–H and O–H groups in total. The molecule has 1 unspecified atom stereocenters. The van der Waals surface area contributed by atoms with E-state index in [2.05, 4.69) is 4.90 Å². The number of piperidine rings is 1. The number of hydrogen-bond acceptors (Lipinski definition) is 3. The first-order valence-corrected chi connectivity index (χ1v) is 9.73. The number of likely N-dealkylation sites (tertiary alicyclic amines) is 1. The molecule has 2 nitrogen and oxygen atoms in total. The number of fused-ring (bicyclic) bond motifs is 3. The second-order valence-electron chi connectivity index (χ2n) is 6.94. The number of halogens is 3. The normalized spacial score (nSPS) is 17.8. The molecule has 6 heteroatoms. The maximum Gasteiger partial charge on any atom is 0.416 e. The molecule has 1 saturated heterocycles. The van der Waals surface area contributed by atoms with Crippen molar-refractivity contribution in [2.24, 2.45) is 0 Å². The van der Waals surface area contributed by atoms with Crippen LogP contribution in [0.5, 0.6) is 0 Å². The number of aliphatic hydroxyl groups excluding tert-OH is 1. The average molecular weight is 379 g/mol. The number of β-amino-alcohol motifs (C(OH)–C–C–N with tert-alkyl or cyclic N) is 1. The minimum Gasteiger partial charge on any atom is -0.387 e. The molecule has 0 aliphatic carbocycles. The first-order chi connectivity index (χ1) is 12.4. The zero-order valence-electron chi connectivity index (χ0n) is 14.2. The molecule has 3 aromatic rings. The van der Waals surface area contributed by atoms with Crippen molar-refractivity contribution in [3.8, 4) is 0 Å². The Kier molecular flexibility index (Phi) is 4.67. The smallest absolute Gasteiger partial charge is 0.387 e. The van der Waals surface area contributed by atoms with Gasteiger partial charge in [0.15, 0.2) is 0 Å². The third kappa shape index (κ3) is 3.33. The van der Waals surface area contributed by atoms with Crippen LogP contribution in [0, 0.1) is 0 Å². The molecule has 0 amide bonds. The molecule has 4 rings (SSSR count). The summed E-state index contributed by atoms with van der Waals surface area (Å²) in [5.74, 6) is 0. The van der Waals surface area contributed by atoms with Crippen molar-refractivity contribution in [2.45, 2.75) is 31.5 Å². The topological polar surface area (TPSA) is 23.5 Å². The molecule has 138 valence electrons. The highest BCUT2D eigenvalue weighted by Crippen LogP contribution is 2.39. The van der Waals surface area contributed by atoms with Gasteiger partial charge >= 0.3 is 6.18 Å². The summed E-state index contributed by atoms with van der Waals surface area (Å²) in [6.45, 7) is 2.56.